The molecular weight excluding hydrogens is 240 g/mol. The van der Waals surface area contributed by atoms with E-state index >= 15 is 0 Å². The summed E-state index contributed by atoms with van der Waals surface area (Å²) >= 11 is 0. The number of hydrogen-bond acceptors (Lipinski definition) is 0. The van der Waals surface area contributed by atoms with Crippen molar-refractivity contribution in [3.8, 4) is 71.0 Å². The maximum absolute atomic E-state index is 2.99. The van der Waals surface area contributed by atoms with Crippen molar-refractivity contribution in [2.45, 2.75) is 41.5 Å². The first-order chi connectivity index (χ1) is 9.21. The van der Waals surface area contributed by atoms with Gasteiger partial charge in [0.05, 0.1) is 0 Å². The van der Waals surface area contributed by atoms with Crippen LogP contribution in [-0.2, 0) is 0 Å². The normalized spacial score (nSPS) is 8.10. The molecule has 0 bridgehead atoms. The van der Waals surface area contributed by atoms with E-state index in [-0.39, 0.29) is 10.8 Å². The Kier molecular flexibility index (Phi) is 7.34. The SMILES string of the molecule is CC(C)(C)C#CC#CC#CC#CC#CC#CC(C)(C)C. The molecule has 0 heteroatoms. The zero-order valence-corrected chi connectivity index (χ0v) is 13.0. The summed E-state index contributed by atoms with van der Waals surface area (Å²) < 4.78 is 0. The third kappa shape index (κ3) is 15.4. The van der Waals surface area contributed by atoms with Crippen molar-refractivity contribution in [1.29, 1.82) is 0 Å². The van der Waals surface area contributed by atoms with Gasteiger partial charge in [-0.2, -0.15) is 0 Å². The molecule has 0 rings (SSSR count). The van der Waals surface area contributed by atoms with E-state index < -0.39 is 0 Å². The summed E-state index contributed by atoms with van der Waals surface area (Å²) in [5.41, 5.74) is -0.0722. The van der Waals surface area contributed by atoms with Gasteiger partial charge in [0.25, 0.3) is 0 Å². The lowest BCUT2D eigenvalue weighted by Crippen LogP contribution is -1.98. The minimum Gasteiger partial charge on any atom is -0.0831 e. The van der Waals surface area contributed by atoms with Crippen molar-refractivity contribution < 1.29 is 0 Å². The van der Waals surface area contributed by atoms with E-state index in [4.69, 9.17) is 0 Å². The first-order valence-electron chi connectivity index (χ1n) is 6.25. The molecule has 20 heavy (non-hydrogen) atoms. The van der Waals surface area contributed by atoms with E-state index in [1.54, 1.807) is 0 Å². The highest BCUT2D eigenvalue weighted by Crippen LogP contribution is 2.09. The van der Waals surface area contributed by atoms with Crippen molar-refractivity contribution in [3.05, 3.63) is 0 Å². The molecule has 0 amide bonds. The third-order valence-corrected chi connectivity index (χ3v) is 1.44. The third-order valence-electron chi connectivity index (χ3n) is 1.44. The standard InChI is InChI=1S/C20H18/c1-19(2,3)17-15-13-11-9-7-8-10-12-14-16-18-20(4,5)6/h1-6H3. The van der Waals surface area contributed by atoms with Gasteiger partial charge in [0, 0.05) is 10.8 Å². The number of rotatable bonds is 0. The Morgan fingerprint density at radius 2 is 0.550 bits per heavy atom. The average molecular weight is 258 g/mol. The molecule has 0 nitrogen and oxygen atoms in total. The first kappa shape index (κ1) is 17.4. The van der Waals surface area contributed by atoms with Crippen molar-refractivity contribution in [2.75, 3.05) is 0 Å². The quantitative estimate of drug-likeness (QED) is 0.586. The molecule has 0 spiro atoms. The minimum absolute atomic E-state index is 0.0361. The lowest BCUT2D eigenvalue weighted by molar-refractivity contribution is 0.571. The summed E-state index contributed by atoms with van der Waals surface area (Å²) in [4.78, 5) is 0. The van der Waals surface area contributed by atoms with Crippen LogP contribution in [0.5, 0.6) is 0 Å². The van der Waals surface area contributed by atoms with Gasteiger partial charge in [0.1, 0.15) is 0 Å². The van der Waals surface area contributed by atoms with Crippen LogP contribution in [0.4, 0.5) is 0 Å². The second-order valence-electron chi connectivity index (χ2n) is 6.00. The average Bonchev–Trinajstić information content (AvgIpc) is 2.27. The summed E-state index contributed by atoms with van der Waals surface area (Å²) in [6, 6.07) is 0. The van der Waals surface area contributed by atoms with Crippen molar-refractivity contribution in [1.82, 2.24) is 0 Å². The monoisotopic (exact) mass is 258 g/mol. The van der Waals surface area contributed by atoms with Gasteiger partial charge in [-0.05, 0) is 101 Å². The van der Waals surface area contributed by atoms with Gasteiger partial charge in [-0.3, -0.25) is 0 Å². The van der Waals surface area contributed by atoms with Crippen LogP contribution < -0.4 is 0 Å². The highest BCUT2D eigenvalue weighted by atomic mass is 14.1. The number of hydrogen-bond donors (Lipinski definition) is 0. The van der Waals surface area contributed by atoms with Gasteiger partial charge < -0.3 is 0 Å². The topological polar surface area (TPSA) is 0 Å². The molecule has 0 aromatic heterocycles. The fourth-order valence-electron chi connectivity index (χ4n) is 0.688. The molecule has 0 aliphatic heterocycles. The molecule has 98 valence electrons. The lowest BCUT2D eigenvalue weighted by Gasteiger charge is -2.05. The minimum atomic E-state index is -0.0361. The van der Waals surface area contributed by atoms with E-state index in [0.29, 0.717) is 0 Å². The Morgan fingerprint density at radius 1 is 0.350 bits per heavy atom. The Morgan fingerprint density at radius 3 is 0.750 bits per heavy atom. The van der Waals surface area contributed by atoms with Crippen LogP contribution in [0.1, 0.15) is 41.5 Å². The van der Waals surface area contributed by atoms with E-state index in [0.717, 1.165) is 0 Å². The van der Waals surface area contributed by atoms with Crippen LogP contribution in [0.2, 0.25) is 0 Å². The summed E-state index contributed by atoms with van der Waals surface area (Å²) in [6.45, 7) is 12.2. The molecule has 0 aliphatic rings. The molecule has 0 atom stereocenters. The summed E-state index contributed by atoms with van der Waals surface area (Å²) in [6.07, 6.45) is 0. The molecular formula is C20H18. The van der Waals surface area contributed by atoms with E-state index in [2.05, 4.69) is 71.0 Å². The summed E-state index contributed by atoms with van der Waals surface area (Å²) in [7, 11) is 0. The second-order valence-corrected chi connectivity index (χ2v) is 6.00. The van der Waals surface area contributed by atoms with E-state index in [1.807, 2.05) is 41.5 Å². The van der Waals surface area contributed by atoms with Gasteiger partial charge in [0.2, 0.25) is 0 Å². The fraction of sp³-hybridized carbons (Fsp3) is 0.400. The molecule has 0 aromatic rings. The Hall–Kier alpha value is -2.64. The highest BCUT2D eigenvalue weighted by molar-refractivity contribution is 5.44. The predicted octanol–water partition coefficient (Wildman–Crippen LogP) is 3.10. The van der Waals surface area contributed by atoms with E-state index in [9.17, 15) is 0 Å². The van der Waals surface area contributed by atoms with Gasteiger partial charge in [-0.25, -0.2) is 0 Å². The largest absolute Gasteiger partial charge is 0.0831 e. The summed E-state index contributed by atoms with van der Waals surface area (Å²) in [5, 5.41) is 0. The first-order valence-corrected chi connectivity index (χ1v) is 6.25. The molecule has 0 saturated heterocycles. The molecule has 0 radical (unpaired) electrons. The Bertz CT molecular complexity index is 627. The van der Waals surface area contributed by atoms with Gasteiger partial charge >= 0.3 is 0 Å². The van der Waals surface area contributed by atoms with Crippen LogP contribution in [0.3, 0.4) is 0 Å². The predicted molar refractivity (Wildman–Crippen MR) is 85.6 cm³/mol. The van der Waals surface area contributed by atoms with Crippen molar-refractivity contribution >= 4 is 0 Å². The second kappa shape index (κ2) is 8.46. The fourth-order valence-corrected chi connectivity index (χ4v) is 0.688. The zero-order chi connectivity index (χ0) is 15.5. The summed E-state index contributed by atoms with van der Waals surface area (Å²) in [5.74, 6) is 32.4. The molecule has 0 aliphatic carbocycles. The van der Waals surface area contributed by atoms with Gasteiger partial charge in [-0.15, -0.1) is 0 Å². The highest BCUT2D eigenvalue weighted by Gasteiger charge is 2.02. The molecule has 0 aromatic carbocycles. The van der Waals surface area contributed by atoms with Crippen LogP contribution in [0.15, 0.2) is 0 Å². The maximum atomic E-state index is 2.99. The van der Waals surface area contributed by atoms with Crippen LogP contribution in [-0.4, -0.2) is 0 Å². The van der Waals surface area contributed by atoms with Crippen LogP contribution >= 0.6 is 0 Å². The van der Waals surface area contributed by atoms with Crippen molar-refractivity contribution in [3.63, 3.8) is 0 Å². The van der Waals surface area contributed by atoms with E-state index in [1.165, 1.54) is 0 Å². The van der Waals surface area contributed by atoms with Crippen LogP contribution in [0.25, 0.3) is 0 Å². The van der Waals surface area contributed by atoms with Crippen LogP contribution in [0, 0.1) is 81.9 Å². The lowest BCUT2D eigenvalue weighted by atomic mass is 9.98. The molecule has 0 saturated carbocycles. The smallest absolute Gasteiger partial charge is 0.0240 e. The van der Waals surface area contributed by atoms with Gasteiger partial charge in [0.15, 0.2) is 0 Å². The molecule has 0 N–H and O–H groups in total. The Labute approximate surface area is 124 Å². The van der Waals surface area contributed by atoms with Crippen molar-refractivity contribution in [2.24, 2.45) is 10.8 Å². The Balaban J connectivity index is 4.42. The zero-order valence-electron chi connectivity index (χ0n) is 13.0. The molecule has 0 unspecified atom stereocenters. The molecule has 0 heterocycles. The maximum Gasteiger partial charge on any atom is 0.0240 e. The van der Waals surface area contributed by atoms with Gasteiger partial charge in [-0.1, -0.05) is 11.8 Å². The molecule has 0 fully saturated rings.